The predicted molar refractivity (Wildman–Crippen MR) is 51.9 cm³/mol. The minimum Gasteiger partial charge on any atom is -0.379 e. The van der Waals surface area contributed by atoms with Crippen molar-refractivity contribution in [1.29, 1.82) is 0 Å². The first-order valence-electron chi connectivity index (χ1n) is 4.90. The van der Waals surface area contributed by atoms with Crippen molar-refractivity contribution in [2.24, 2.45) is 0 Å². The van der Waals surface area contributed by atoms with Gasteiger partial charge in [-0.05, 0) is 18.9 Å². The largest absolute Gasteiger partial charge is 0.379 e. The van der Waals surface area contributed by atoms with Crippen LogP contribution >= 0.6 is 0 Å². The topological polar surface area (TPSA) is 9.23 Å². The highest BCUT2D eigenvalue weighted by atomic mass is 28.3. The first-order chi connectivity index (χ1) is 5.29. The Morgan fingerprint density at radius 3 is 2.45 bits per heavy atom. The molecule has 1 rings (SSSR count). The average Bonchev–Trinajstić information content (AvgIpc) is 2.39. The molecule has 0 heterocycles. The van der Waals surface area contributed by atoms with Gasteiger partial charge in [0.05, 0.1) is 6.10 Å². The van der Waals surface area contributed by atoms with Crippen LogP contribution in [0.3, 0.4) is 0 Å². The van der Waals surface area contributed by atoms with Gasteiger partial charge in [-0.2, -0.15) is 0 Å². The Balaban J connectivity index is 1.94. The molecule has 0 aliphatic heterocycles. The molecule has 1 aliphatic carbocycles. The summed E-state index contributed by atoms with van der Waals surface area (Å²) in [5.74, 6) is 0. The highest BCUT2D eigenvalue weighted by molar-refractivity contribution is 6.55. The van der Waals surface area contributed by atoms with Gasteiger partial charge in [0.15, 0.2) is 0 Å². The molecule has 0 radical (unpaired) electrons. The molecule has 66 valence electrons. The van der Waals surface area contributed by atoms with E-state index in [9.17, 15) is 0 Å². The minimum atomic E-state index is -0.356. The van der Waals surface area contributed by atoms with Gasteiger partial charge in [-0.3, -0.25) is 0 Å². The number of ether oxygens (including phenoxy) is 1. The van der Waals surface area contributed by atoms with Gasteiger partial charge in [0, 0.05) is 15.4 Å². The molecule has 1 aliphatic rings. The van der Waals surface area contributed by atoms with Crippen LogP contribution in [0, 0.1) is 0 Å². The van der Waals surface area contributed by atoms with Crippen LogP contribution < -0.4 is 0 Å². The fourth-order valence-corrected chi connectivity index (χ4v) is 2.13. The summed E-state index contributed by atoms with van der Waals surface area (Å²) in [5, 5.41) is 0. The molecule has 1 fully saturated rings. The normalized spacial score (nSPS) is 19.9. The maximum atomic E-state index is 5.75. The van der Waals surface area contributed by atoms with Crippen molar-refractivity contribution >= 4 is 8.80 Å². The molecule has 1 nitrogen and oxygen atoms in total. The van der Waals surface area contributed by atoms with E-state index < -0.39 is 0 Å². The van der Waals surface area contributed by atoms with E-state index in [4.69, 9.17) is 4.74 Å². The van der Waals surface area contributed by atoms with Crippen LogP contribution in [-0.4, -0.2) is 21.5 Å². The van der Waals surface area contributed by atoms with Gasteiger partial charge in [0.2, 0.25) is 0 Å². The van der Waals surface area contributed by atoms with E-state index in [0.29, 0.717) is 6.10 Å². The maximum Gasteiger partial charge on any atom is 0.0575 e. The first-order valence-corrected chi connectivity index (χ1v) is 8.03. The van der Waals surface area contributed by atoms with E-state index >= 15 is 0 Å². The molecule has 0 aromatic carbocycles. The lowest BCUT2D eigenvalue weighted by molar-refractivity contribution is 0.0682. The molecule has 0 saturated heterocycles. The summed E-state index contributed by atoms with van der Waals surface area (Å²) in [6.45, 7) is 5.81. The molecular formula is C9H20OSi. The molecule has 0 unspecified atom stereocenters. The lowest BCUT2D eigenvalue weighted by Crippen LogP contribution is -2.12. The molecular weight excluding hydrogens is 152 g/mol. The second-order valence-electron chi connectivity index (χ2n) is 3.96. The molecule has 0 atom stereocenters. The van der Waals surface area contributed by atoms with E-state index in [1.54, 1.807) is 0 Å². The van der Waals surface area contributed by atoms with Gasteiger partial charge >= 0.3 is 0 Å². The van der Waals surface area contributed by atoms with Crippen LogP contribution in [0.1, 0.15) is 25.7 Å². The Morgan fingerprint density at radius 2 is 1.91 bits per heavy atom. The third kappa shape index (κ3) is 3.92. The fourth-order valence-electron chi connectivity index (χ4n) is 1.53. The summed E-state index contributed by atoms with van der Waals surface area (Å²) in [5.41, 5.74) is 0. The van der Waals surface area contributed by atoms with Crippen LogP contribution in [0.5, 0.6) is 0 Å². The number of hydrogen-bond donors (Lipinski definition) is 0. The zero-order valence-corrected chi connectivity index (χ0v) is 8.96. The van der Waals surface area contributed by atoms with Crippen LogP contribution in [0.15, 0.2) is 0 Å². The van der Waals surface area contributed by atoms with Crippen molar-refractivity contribution in [3.8, 4) is 0 Å². The van der Waals surface area contributed by atoms with E-state index in [0.717, 1.165) is 6.61 Å². The van der Waals surface area contributed by atoms with Crippen LogP contribution in [0.2, 0.25) is 19.1 Å². The zero-order chi connectivity index (χ0) is 8.10. The lowest BCUT2D eigenvalue weighted by atomic mass is 10.3. The quantitative estimate of drug-likeness (QED) is 0.592. The highest BCUT2D eigenvalue weighted by Crippen LogP contribution is 2.20. The minimum absolute atomic E-state index is 0.356. The van der Waals surface area contributed by atoms with Crippen molar-refractivity contribution in [1.82, 2.24) is 0 Å². The Hall–Kier alpha value is 0.177. The summed E-state index contributed by atoms with van der Waals surface area (Å²) in [7, 11) is -0.356. The molecule has 0 aromatic heterocycles. The maximum absolute atomic E-state index is 5.75. The molecule has 0 N–H and O–H groups in total. The predicted octanol–water partition coefficient (Wildman–Crippen LogP) is 2.43. The van der Waals surface area contributed by atoms with Crippen molar-refractivity contribution in [2.45, 2.75) is 50.9 Å². The monoisotopic (exact) mass is 172 g/mol. The van der Waals surface area contributed by atoms with Crippen molar-refractivity contribution in [2.75, 3.05) is 6.61 Å². The Morgan fingerprint density at radius 1 is 1.27 bits per heavy atom. The SMILES string of the molecule is C[SiH](C)CCOC1CCCC1. The third-order valence-electron chi connectivity index (χ3n) is 2.35. The van der Waals surface area contributed by atoms with Gasteiger partial charge in [-0.15, -0.1) is 0 Å². The smallest absolute Gasteiger partial charge is 0.0575 e. The fraction of sp³-hybridized carbons (Fsp3) is 1.00. The number of rotatable bonds is 4. The molecule has 0 bridgehead atoms. The Bertz CT molecular complexity index is 97.7. The summed E-state index contributed by atoms with van der Waals surface area (Å²) in [4.78, 5) is 0. The van der Waals surface area contributed by atoms with Gasteiger partial charge in [-0.25, -0.2) is 0 Å². The van der Waals surface area contributed by atoms with E-state index in [1.807, 2.05) is 0 Å². The number of hydrogen-bond acceptors (Lipinski definition) is 1. The standard InChI is InChI=1S/C9H20OSi/c1-11(2)8-7-10-9-5-3-4-6-9/h9,11H,3-8H2,1-2H3. The van der Waals surface area contributed by atoms with E-state index in [1.165, 1.54) is 31.7 Å². The van der Waals surface area contributed by atoms with Gasteiger partial charge in [0.1, 0.15) is 0 Å². The Labute approximate surface area is 71.7 Å². The van der Waals surface area contributed by atoms with Crippen LogP contribution in [-0.2, 0) is 4.74 Å². The van der Waals surface area contributed by atoms with E-state index in [-0.39, 0.29) is 8.80 Å². The second-order valence-corrected chi connectivity index (χ2v) is 7.32. The molecule has 0 amide bonds. The highest BCUT2D eigenvalue weighted by Gasteiger charge is 2.14. The van der Waals surface area contributed by atoms with Crippen molar-refractivity contribution in [3.05, 3.63) is 0 Å². The molecule has 0 spiro atoms. The van der Waals surface area contributed by atoms with Gasteiger partial charge in [-0.1, -0.05) is 25.9 Å². The zero-order valence-electron chi connectivity index (χ0n) is 7.81. The van der Waals surface area contributed by atoms with E-state index in [2.05, 4.69) is 13.1 Å². The third-order valence-corrected chi connectivity index (χ3v) is 3.74. The van der Waals surface area contributed by atoms with Crippen LogP contribution in [0.4, 0.5) is 0 Å². The summed E-state index contributed by atoms with van der Waals surface area (Å²) < 4.78 is 5.75. The molecule has 0 aromatic rings. The van der Waals surface area contributed by atoms with Crippen molar-refractivity contribution < 1.29 is 4.74 Å². The summed E-state index contributed by atoms with van der Waals surface area (Å²) in [6.07, 6.45) is 6.05. The van der Waals surface area contributed by atoms with Crippen molar-refractivity contribution in [3.63, 3.8) is 0 Å². The molecule has 2 heteroatoms. The summed E-state index contributed by atoms with van der Waals surface area (Å²) >= 11 is 0. The second kappa shape index (κ2) is 4.94. The first kappa shape index (κ1) is 9.27. The van der Waals surface area contributed by atoms with Gasteiger partial charge < -0.3 is 4.74 Å². The van der Waals surface area contributed by atoms with Crippen LogP contribution in [0.25, 0.3) is 0 Å². The summed E-state index contributed by atoms with van der Waals surface area (Å²) in [6, 6.07) is 1.36. The lowest BCUT2D eigenvalue weighted by Gasteiger charge is -2.11. The molecule has 1 saturated carbocycles. The Kier molecular flexibility index (Phi) is 4.16. The average molecular weight is 172 g/mol. The van der Waals surface area contributed by atoms with Gasteiger partial charge in [0.25, 0.3) is 0 Å². The molecule has 11 heavy (non-hydrogen) atoms.